The summed E-state index contributed by atoms with van der Waals surface area (Å²) in [6.07, 6.45) is 1.72. The van der Waals surface area contributed by atoms with E-state index in [4.69, 9.17) is 15.2 Å². The van der Waals surface area contributed by atoms with Gasteiger partial charge in [-0.1, -0.05) is 6.42 Å². The maximum absolute atomic E-state index is 10.8. The molecule has 5 nitrogen and oxygen atoms in total. The molecule has 0 amide bonds. The van der Waals surface area contributed by atoms with E-state index in [1.54, 1.807) is 0 Å². The van der Waals surface area contributed by atoms with Gasteiger partial charge in [0.15, 0.2) is 0 Å². The molecular weight excluding hydrogens is 185 g/mol. The van der Waals surface area contributed by atoms with E-state index in [2.05, 4.69) is 5.32 Å². The zero-order valence-corrected chi connectivity index (χ0v) is 8.02. The number of carboxylic acids is 1. The predicted molar refractivity (Wildman–Crippen MR) is 51.7 cm³/mol. The van der Waals surface area contributed by atoms with Crippen LogP contribution in [-0.2, 0) is 4.79 Å². The van der Waals surface area contributed by atoms with E-state index in [1.165, 1.54) is 0 Å². The Labute approximate surface area is 83.3 Å². The highest BCUT2D eigenvalue weighted by Crippen LogP contribution is 2.22. The number of hydrogen-bond donors (Lipinski definition) is 4. The zero-order chi connectivity index (χ0) is 10.6. The lowest BCUT2D eigenvalue weighted by Gasteiger charge is -2.13. The van der Waals surface area contributed by atoms with Crippen molar-refractivity contribution >= 4 is 13.1 Å². The van der Waals surface area contributed by atoms with Gasteiger partial charge in [-0.25, -0.2) is 0 Å². The molecule has 0 radical (unpaired) electrons. The summed E-state index contributed by atoms with van der Waals surface area (Å²) in [7, 11) is -1.27. The van der Waals surface area contributed by atoms with Crippen molar-refractivity contribution in [2.75, 3.05) is 13.1 Å². The van der Waals surface area contributed by atoms with Crippen LogP contribution >= 0.6 is 0 Å². The van der Waals surface area contributed by atoms with Crippen LogP contribution in [0.3, 0.4) is 0 Å². The fraction of sp³-hybridized carbons (Fsp3) is 0.875. The molecule has 80 valence electrons. The first-order chi connectivity index (χ1) is 6.61. The minimum absolute atomic E-state index is 0.131. The van der Waals surface area contributed by atoms with Crippen LogP contribution in [0, 0.1) is 11.8 Å². The van der Waals surface area contributed by atoms with E-state index in [0.717, 1.165) is 13.0 Å². The third-order valence-electron chi connectivity index (χ3n) is 2.69. The van der Waals surface area contributed by atoms with Crippen molar-refractivity contribution in [3.8, 4) is 0 Å². The van der Waals surface area contributed by atoms with Crippen molar-refractivity contribution in [2.24, 2.45) is 11.8 Å². The van der Waals surface area contributed by atoms with Crippen molar-refractivity contribution in [1.82, 2.24) is 5.32 Å². The van der Waals surface area contributed by atoms with Gasteiger partial charge in [0.1, 0.15) is 0 Å². The first kappa shape index (κ1) is 11.5. The molecule has 4 N–H and O–H groups in total. The number of rotatable bonds is 5. The summed E-state index contributed by atoms with van der Waals surface area (Å²) in [5.74, 6) is -0.943. The number of aliphatic carboxylic acids is 1. The zero-order valence-electron chi connectivity index (χ0n) is 8.02. The highest BCUT2D eigenvalue weighted by atomic mass is 16.4. The van der Waals surface area contributed by atoms with Gasteiger partial charge in [-0.2, -0.15) is 0 Å². The van der Waals surface area contributed by atoms with E-state index in [9.17, 15) is 4.79 Å². The lowest BCUT2D eigenvalue weighted by Crippen LogP contribution is -2.22. The Balaban J connectivity index is 2.26. The van der Waals surface area contributed by atoms with E-state index < -0.39 is 13.1 Å². The second kappa shape index (κ2) is 5.33. The average Bonchev–Trinajstić information content (AvgIpc) is 2.51. The van der Waals surface area contributed by atoms with Gasteiger partial charge < -0.3 is 20.5 Å². The van der Waals surface area contributed by atoms with Crippen LogP contribution in [0.2, 0.25) is 6.32 Å². The van der Waals surface area contributed by atoms with E-state index in [-0.39, 0.29) is 11.8 Å². The number of nitrogens with one attached hydrogen (secondary N) is 1. The quantitative estimate of drug-likeness (QED) is 0.435. The molecule has 1 aliphatic rings. The van der Waals surface area contributed by atoms with Crippen molar-refractivity contribution < 1.29 is 19.9 Å². The van der Waals surface area contributed by atoms with Crippen LogP contribution in [0.4, 0.5) is 0 Å². The topological polar surface area (TPSA) is 89.8 Å². The van der Waals surface area contributed by atoms with Gasteiger partial charge in [-0.15, -0.1) is 0 Å². The van der Waals surface area contributed by atoms with Gasteiger partial charge in [0.25, 0.3) is 0 Å². The average molecular weight is 201 g/mol. The highest BCUT2D eigenvalue weighted by Gasteiger charge is 2.32. The molecule has 1 heterocycles. The normalized spacial score (nSPS) is 26.4. The van der Waals surface area contributed by atoms with Crippen LogP contribution in [0.25, 0.3) is 0 Å². The summed E-state index contributed by atoms with van der Waals surface area (Å²) in [4.78, 5) is 10.8. The highest BCUT2D eigenvalue weighted by molar-refractivity contribution is 6.40. The summed E-state index contributed by atoms with van der Waals surface area (Å²) in [5, 5.41) is 29.1. The molecular formula is C8H16BNO4. The summed E-state index contributed by atoms with van der Waals surface area (Å²) in [5.41, 5.74) is 0. The maximum Gasteiger partial charge on any atom is 0.451 e. The lowest BCUT2D eigenvalue weighted by molar-refractivity contribution is -0.142. The van der Waals surface area contributed by atoms with Gasteiger partial charge in [0.2, 0.25) is 0 Å². The molecule has 0 spiro atoms. The molecule has 2 atom stereocenters. The number of carboxylic acid groups (broad SMARTS) is 1. The largest absolute Gasteiger partial charge is 0.481 e. The second-order valence-electron chi connectivity index (χ2n) is 3.77. The molecule has 14 heavy (non-hydrogen) atoms. The van der Waals surface area contributed by atoms with Gasteiger partial charge in [0, 0.05) is 6.54 Å². The predicted octanol–water partition coefficient (Wildman–Crippen LogP) is -0.840. The smallest absolute Gasteiger partial charge is 0.451 e. The monoisotopic (exact) mass is 201 g/mol. The molecule has 0 aromatic rings. The molecule has 0 bridgehead atoms. The van der Waals surface area contributed by atoms with E-state index >= 15 is 0 Å². The van der Waals surface area contributed by atoms with Gasteiger partial charge in [-0.05, 0) is 25.2 Å². The minimum atomic E-state index is -1.27. The fourth-order valence-electron chi connectivity index (χ4n) is 1.89. The van der Waals surface area contributed by atoms with Gasteiger partial charge in [-0.3, -0.25) is 4.79 Å². The number of carbonyl (C=O) groups is 1. The Kier molecular flexibility index (Phi) is 4.38. The van der Waals surface area contributed by atoms with Crippen LogP contribution in [0.5, 0.6) is 0 Å². The second-order valence-corrected chi connectivity index (χ2v) is 3.77. The van der Waals surface area contributed by atoms with E-state index in [1.807, 2.05) is 0 Å². The van der Waals surface area contributed by atoms with Crippen molar-refractivity contribution in [2.45, 2.75) is 19.2 Å². The molecule has 0 aromatic heterocycles. The van der Waals surface area contributed by atoms with Gasteiger partial charge in [0.05, 0.1) is 5.92 Å². The standard InChI is InChI=1S/C8H16BNO4/c11-8(12)7-5-10-4-6(7)2-1-3-9(13)14/h6-7,10,13-14H,1-5H2,(H,11,12)/t6-,7-/m1/s1. The Bertz CT molecular complexity index is 200. The maximum atomic E-state index is 10.8. The molecule has 0 aliphatic carbocycles. The van der Waals surface area contributed by atoms with Crippen molar-refractivity contribution in [3.05, 3.63) is 0 Å². The third-order valence-corrected chi connectivity index (χ3v) is 2.69. The third kappa shape index (κ3) is 3.28. The minimum Gasteiger partial charge on any atom is -0.481 e. The van der Waals surface area contributed by atoms with Crippen LogP contribution in [0.15, 0.2) is 0 Å². The Hall–Kier alpha value is -0.585. The summed E-state index contributed by atoms with van der Waals surface area (Å²) in [6, 6.07) is 0. The van der Waals surface area contributed by atoms with E-state index in [0.29, 0.717) is 19.3 Å². The van der Waals surface area contributed by atoms with Crippen molar-refractivity contribution in [3.63, 3.8) is 0 Å². The molecule has 1 rings (SSSR count). The molecule has 6 heteroatoms. The molecule has 1 aliphatic heterocycles. The summed E-state index contributed by atoms with van der Waals surface area (Å²) >= 11 is 0. The Morgan fingerprint density at radius 3 is 2.71 bits per heavy atom. The molecule has 1 fully saturated rings. The molecule has 0 unspecified atom stereocenters. The first-order valence-corrected chi connectivity index (χ1v) is 4.91. The SMILES string of the molecule is O=C(O)[C@@H]1CNC[C@H]1CCCB(O)O. The van der Waals surface area contributed by atoms with Crippen molar-refractivity contribution in [1.29, 1.82) is 0 Å². The first-order valence-electron chi connectivity index (χ1n) is 4.91. The Morgan fingerprint density at radius 1 is 1.43 bits per heavy atom. The molecule has 0 aromatic carbocycles. The van der Waals surface area contributed by atoms with Crippen LogP contribution in [-0.4, -0.2) is 41.3 Å². The molecule has 1 saturated heterocycles. The van der Waals surface area contributed by atoms with Crippen LogP contribution in [0.1, 0.15) is 12.8 Å². The van der Waals surface area contributed by atoms with Gasteiger partial charge >= 0.3 is 13.1 Å². The number of hydrogen-bond acceptors (Lipinski definition) is 4. The summed E-state index contributed by atoms with van der Waals surface area (Å²) < 4.78 is 0. The van der Waals surface area contributed by atoms with Crippen LogP contribution < -0.4 is 5.32 Å². The Morgan fingerprint density at radius 2 is 2.14 bits per heavy atom. The summed E-state index contributed by atoms with van der Waals surface area (Å²) in [6.45, 7) is 1.25. The fourth-order valence-corrected chi connectivity index (χ4v) is 1.89. The molecule has 0 saturated carbocycles. The lowest BCUT2D eigenvalue weighted by atomic mass is 9.80.